The average Bonchev–Trinajstić information content (AvgIpc) is 3.19. The lowest BCUT2D eigenvalue weighted by Gasteiger charge is -2.08. The van der Waals surface area contributed by atoms with E-state index in [1.807, 2.05) is 14.0 Å². The summed E-state index contributed by atoms with van der Waals surface area (Å²) in [6.45, 7) is 2.68. The highest BCUT2D eigenvalue weighted by molar-refractivity contribution is 7.99. The standard InChI is InChI=1S/C15H17F2N3S/c1-9-12(8-18-11-4-5-11)15(20(2)19-9)21-14-6-3-10(16)7-13(14)17/h3,6-7,11,18H,4-5,8H2,1-2H3. The Hall–Kier alpha value is -1.40. The first-order chi connectivity index (χ1) is 10.0. The van der Waals surface area contributed by atoms with Crippen LogP contribution < -0.4 is 5.32 Å². The van der Waals surface area contributed by atoms with Gasteiger partial charge in [-0.2, -0.15) is 5.10 Å². The highest BCUT2D eigenvalue weighted by Gasteiger charge is 2.23. The molecule has 0 saturated heterocycles. The number of aryl methyl sites for hydroxylation is 2. The quantitative estimate of drug-likeness (QED) is 0.918. The van der Waals surface area contributed by atoms with E-state index >= 15 is 0 Å². The van der Waals surface area contributed by atoms with Gasteiger partial charge in [-0.25, -0.2) is 8.78 Å². The van der Waals surface area contributed by atoms with Crippen molar-refractivity contribution < 1.29 is 8.78 Å². The minimum atomic E-state index is -0.561. The maximum atomic E-state index is 13.8. The fourth-order valence-corrected chi connectivity index (χ4v) is 3.22. The number of benzene rings is 1. The highest BCUT2D eigenvalue weighted by Crippen LogP contribution is 2.34. The van der Waals surface area contributed by atoms with E-state index in [0.29, 0.717) is 10.9 Å². The predicted molar refractivity (Wildman–Crippen MR) is 78.3 cm³/mol. The minimum Gasteiger partial charge on any atom is -0.310 e. The molecule has 1 aliphatic rings. The number of hydrogen-bond acceptors (Lipinski definition) is 3. The molecule has 1 fully saturated rings. The molecule has 1 aromatic carbocycles. The fourth-order valence-electron chi connectivity index (χ4n) is 2.21. The summed E-state index contributed by atoms with van der Waals surface area (Å²) in [4.78, 5) is 0.409. The van der Waals surface area contributed by atoms with Gasteiger partial charge in [0.1, 0.15) is 16.7 Å². The predicted octanol–water partition coefficient (Wildman–Crippen LogP) is 3.41. The first kappa shape index (κ1) is 14.5. The van der Waals surface area contributed by atoms with E-state index in [0.717, 1.165) is 28.9 Å². The van der Waals surface area contributed by atoms with Gasteiger partial charge in [0.15, 0.2) is 0 Å². The van der Waals surface area contributed by atoms with Crippen LogP contribution in [-0.4, -0.2) is 15.8 Å². The third-order valence-electron chi connectivity index (χ3n) is 3.53. The second-order valence-corrected chi connectivity index (χ2v) is 6.36. The van der Waals surface area contributed by atoms with Crippen LogP contribution in [0.15, 0.2) is 28.1 Å². The van der Waals surface area contributed by atoms with Gasteiger partial charge in [-0.15, -0.1) is 0 Å². The summed E-state index contributed by atoms with van der Waals surface area (Å²) in [6, 6.07) is 4.25. The first-order valence-corrected chi connectivity index (χ1v) is 7.75. The summed E-state index contributed by atoms with van der Waals surface area (Å²) in [5.74, 6) is -1.10. The zero-order valence-electron chi connectivity index (χ0n) is 12.0. The normalized spacial score (nSPS) is 14.7. The van der Waals surface area contributed by atoms with Gasteiger partial charge in [0, 0.05) is 36.2 Å². The Kier molecular flexibility index (Phi) is 3.99. The van der Waals surface area contributed by atoms with E-state index in [1.54, 1.807) is 4.68 Å². The molecule has 112 valence electrons. The lowest BCUT2D eigenvalue weighted by molar-refractivity contribution is 0.565. The van der Waals surface area contributed by atoms with E-state index in [4.69, 9.17) is 0 Å². The Balaban J connectivity index is 1.86. The van der Waals surface area contributed by atoms with Crippen LogP contribution in [-0.2, 0) is 13.6 Å². The maximum Gasteiger partial charge on any atom is 0.140 e. The van der Waals surface area contributed by atoms with E-state index in [-0.39, 0.29) is 0 Å². The summed E-state index contributed by atoms with van der Waals surface area (Å²) in [6.07, 6.45) is 2.43. The van der Waals surface area contributed by atoms with Crippen LogP contribution in [0.25, 0.3) is 0 Å². The van der Waals surface area contributed by atoms with Crippen molar-refractivity contribution >= 4 is 11.8 Å². The topological polar surface area (TPSA) is 29.9 Å². The Labute approximate surface area is 126 Å². The number of rotatable bonds is 5. The molecule has 0 spiro atoms. The van der Waals surface area contributed by atoms with Crippen molar-refractivity contribution in [2.45, 2.75) is 42.3 Å². The largest absolute Gasteiger partial charge is 0.310 e. The van der Waals surface area contributed by atoms with Crippen molar-refractivity contribution in [2.75, 3.05) is 0 Å². The smallest absolute Gasteiger partial charge is 0.140 e. The number of hydrogen-bond donors (Lipinski definition) is 1. The van der Waals surface area contributed by atoms with E-state index in [2.05, 4.69) is 10.4 Å². The summed E-state index contributed by atoms with van der Waals surface area (Å²) >= 11 is 1.29. The Morgan fingerprint density at radius 3 is 2.81 bits per heavy atom. The summed E-state index contributed by atoms with van der Waals surface area (Å²) in [5.41, 5.74) is 2.02. The van der Waals surface area contributed by atoms with Crippen LogP contribution >= 0.6 is 11.8 Å². The van der Waals surface area contributed by atoms with E-state index < -0.39 is 11.6 Å². The van der Waals surface area contributed by atoms with Crippen molar-refractivity contribution in [2.24, 2.45) is 7.05 Å². The van der Waals surface area contributed by atoms with Crippen LogP contribution in [0.1, 0.15) is 24.1 Å². The van der Waals surface area contributed by atoms with Gasteiger partial charge in [0.2, 0.25) is 0 Å². The molecule has 1 aliphatic carbocycles. The Morgan fingerprint density at radius 2 is 2.14 bits per heavy atom. The van der Waals surface area contributed by atoms with Gasteiger partial charge in [0.05, 0.1) is 5.69 Å². The molecule has 2 aromatic rings. The maximum absolute atomic E-state index is 13.8. The minimum absolute atomic E-state index is 0.409. The van der Waals surface area contributed by atoms with Crippen molar-refractivity contribution in [1.29, 1.82) is 0 Å². The summed E-state index contributed by atoms with van der Waals surface area (Å²) in [7, 11) is 1.84. The van der Waals surface area contributed by atoms with Gasteiger partial charge in [-0.1, -0.05) is 11.8 Å². The van der Waals surface area contributed by atoms with Gasteiger partial charge in [-0.3, -0.25) is 4.68 Å². The number of halogens is 2. The first-order valence-electron chi connectivity index (χ1n) is 6.93. The van der Waals surface area contributed by atoms with Crippen LogP contribution in [0.2, 0.25) is 0 Å². The molecular weight excluding hydrogens is 292 g/mol. The van der Waals surface area contributed by atoms with Crippen LogP contribution in [0.4, 0.5) is 8.78 Å². The monoisotopic (exact) mass is 309 g/mol. The molecule has 0 unspecified atom stereocenters. The molecule has 1 saturated carbocycles. The second-order valence-electron chi connectivity index (χ2n) is 5.32. The molecule has 1 aromatic heterocycles. The third-order valence-corrected chi connectivity index (χ3v) is 4.79. The zero-order chi connectivity index (χ0) is 15.0. The Bertz CT molecular complexity index is 665. The van der Waals surface area contributed by atoms with Crippen LogP contribution in [0.3, 0.4) is 0 Å². The molecule has 0 amide bonds. The molecule has 0 bridgehead atoms. The van der Waals surface area contributed by atoms with Crippen molar-refractivity contribution in [3.63, 3.8) is 0 Å². The molecule has 6 heteroatoms. The SMILES string of the molecule is Cc1nn(C)c(Sc2ccc(F)cc2F)c1CNC1CC1. The molecular formula is C15H17F2N3S. The third kappa shape index (κ3) is 3.27. The van der Waals surface area contributed by atoms with Gasteiger partial charge in [-0.05, 0) is 31.9 Å². The average molecular weight is 309 g/mol. The number of nitrogens with one attached hydrogen (secondary N) is 1. The summed E-state index contributed by atoms with van der Waals surface area (Å²) < 4.78 is 28.6. The molecule has 1 heterocycles. The number of aromatic nitrogens is 2. The molecule has 0 radical (unpaired) electrons. The molecule has 1 N–H and O–H groups in total. The van der Waals surface area contributed by atoms with Crippen LogP contribution in [0.5, 0.6) is 0 Å². The van der Waals surface area contributed by atoms with Crippen molar-refractivity contribution in [3.05, 3.63) is 41.1 Å². The lowest BCUT2D eigenvalue weighted by atomic mass is 10.2. The molecule has 21 heavy (non-hydrogen) atoms. The Morgan fingerprint density at radius 1 is 1.38 bits per heavy atom. The highest BCUT2D eigenvalue weighted by atomic mass is 32.2. The van der Waals surface area contributed by atoms with Gasteiger partial charge in [0.25, 0.3) is 0 Å². The second kappa shape index (κ2) is 5.77. The molecule has 0 atom stereocenters. The molecule has 3 rings (SSSR count). The summed E-state index contributed by atoms with van der Waals surface area (Å²) in [5, 5.41) is 8.76. The van der Waals surface area contributed by atoms with Gasteiger partial charge >= 0.3 is 0 Å². The van der Waals surface area contributed by atoms with E-state index in [9.17, 15) is 8.78 Å². The van der Waals surface area contributed by atoms with Crippen molar-refractivity contribution in [1.82, 2.24) is 15.1 Å². The van der Waals surface area contributed by atoms with Crippen LogP contribution in [0, 0.1) is 18.6 Å². The fraction of sp³-hybridized carbons (Fsp3) is 0.400. The van der Waals surface area contributed by atoms with E-state index in [1.165, 1.54) is 36.7 Å². The number of nitrogens with zero attached hydrogens (tertiary/aromatic N) is 2. The lowest BCUT2D eigenvalue weighted by Crippen LogP contribution is -2.16. The van der Waals surface area contributed by atoms with Crippen molar-refractivity contribution in [3.8, 4) is 0 Å². The van der Waals surface area contributed by atoms with Gasteiger partial charge < -0.3 is 5.32 Å². The zero-order valence-corrected chi connectivity index (χ0v) is 12.8. The molecule has 0 aliphatic heterocycles. The molecule has 3 nitrogen and oxygen atoms in total.